The highest BCUT2D eigenvalue weighted by Crippen LogP contribution is 2.23. The maximum atomic E-state index is 10.1. The second-order valence-corrected chi connectivity index (χ2v) is 5.03. The molecule has 0 bridgehead atoms. The Morgan fingerprint density at radius 3 is 2.20 bits per heavy atom. The quantitative estimate of drug-likeness (QED) is 0.774. The van der Waals surface area contributed by atoms with Crippen molar-refractivity contribution in [2.75, 3.05) is 26.8 Å². The van der Waals surface area contributed by atoms with Crippen LogP contribution in [0.2, 0.25) is 0 Å². The van der Waals surface area contributed by atoms with Crippen molar-refractivity contribution in [3.63, 3.8) is 0 Å². The Balaban J connectivity index is 2.56. The van der Waals surface area contributed by atoms with Gasteiger partial charge in [-0.05, 0) is 39.8 Å². The normalized spacial score (nSPS) is 22.4. The molecule has 1 N–H and O–H groups in total. The summed E-state index contributed by atoms with van der Waals surface area (Å²) in [6.45, 7) is 6.86. The highest BCUT2D eigenvalue weighted by atomic mass is 16.5. The van der Waals surface area contributed by atoms with Crippen LogP contribution in [-0.2, 0) is 4.74 Å². The Bertz CT molecular complexity index is 174. The molecule has 3 heteroatoms. The molecule has 0 aromatic carbocycles. The molecule has 0 amide bonds. The van der Waals surface area contributed by atoms with Gasteiger partial charge in [0, 0.05) is 12.6 Å². The molecule has 1 rings (SSSR count). The van der Waals surface area contributed by atoms with Crippen LogP contribution in [-0.4, -0.2) is 48.5 Å². The minimum Gasteiger partial charge on any atom is -0.389 e. The fourth-order valence-electron chi connectivity index (χ4n) is 2.22. The van der Waals surface area contributed by atoms with E-state index in [4.69, 9.17) is 4.74 Å². The molecule has 1 saturated heterocycles. The molecule has 0 aromatic heterocycles. The first-order valence-corrected chi connectivity index (χ1v) is 6.01. The number of nitrogens with zero attached hydrogens (tertiary/aromatic N) is 1. The Labute approximate surface area is 93.4 Å². The van der Waals surface area contributed by atoms with Crippen molar-refractivity contribution < 1.29 is 9.84 Å². The Morgan fingerprint density at radius 1 is 1.20 bits per heavy atom. The van der Waals surface area contributed by atoms with E-state index >= 15 is 0 Å². The summed E-state index contributed by atoms with van der Waals surface area (Å²) in [6, 6.07) is 0. The Morgan fingerprint density at radius 2 is 1.73 bits per heavy atom. The molecule has 1 unspecified atom stereocenters. The van der Waals surface area contributed by atoms with E-state index in [0.29, 0.717) is 6.61 Å². The summed E-state index contributed by atoms with van der Waals surface area (Å²) in [5.41, 5.74) is -0.166. The molecule has 0 saturated carbocycles. The van der Waals surface area contributed by atoms with Crippen molar-refractivity contribution >= 4 is 0 Å². The number of hydrogen-bond acceptors (Lipinski definition) is 3. The van der Waals surface area contributed by atoms with Crippen LogP contribution in [0.15, 0.2) is 0 Å². The molecule has 1 aliphatic heterocycles. The van der Waals surface area contributed by atoms with Gasteiger partial charge in [-0.1, -0.05) is 12.8 Å². The van der Waals surface area contributed by atoms with Gasteiger partial charge in [-0.15, -0.1) is 0 Å². The monoisotopic (exact) mass is 215 g/mol. The van der Waals surface area contributed by atoms with E-state index in [1.54, 1.807) is 7.11 Å². The van der Waals surface area contributed by atoms with E-state index in [-0.39, 0.29) is 5.54 Å². The summed E-state index contributed by atoms with van der Waals surface area (Å²) >= 11 is 0. The first kappa shape index (κ1) is 12.9. The van der Waals surface area contributed by atoms with E-state index < -0.39 is 6.10 Å². The van der Waals surface area contributed by atoms with Gasteiger partial charge < -0.3 is 9.84 Å². The predicted molar refractivity (Wildman–Crippen MR) is 62.0 cm³/mol. The summed E-state index contributed by atoms with van der Waals surface area (Å²) in [6.07, 6.45) is 4.76. The topological polar surface area (TPSA) is 32.7 Å². The summed E-state index contributed by atoms with van der Waals surface area (Å²) in [4.78, 5) is 2.41. The molecule has 0 aromatic rings. The second kappa shape index (κ2) is 5.83. The Hall–Kier alpha value is -0.120. The maximum absolute atomic E-state index is 10.1. The minimum atomic E-state index is -0.402. The predicted octanol–water partition coefficient (Wildman–Crippen LogP) is 1.65. The number of likely N-dealkylation sites (tertiary alicyclic amines) is 1. The molecule has 0 spiro atoms. The lowest BCUT2D eigenvalue weighted by molar-refractivity contribution is -0.0465. The summed E-state index contributed by atoms with van der Waals surface area (Å²) in [7, 11) is 1.64. The van der Waals surface area contributed by atoms with Crippen molar-refractivity contribution in [1.82, 2.24) is 4.90 Å². The van der Waals surface area contributed by atoms with Crippen LogP contribution in [0, 0.1) is 0 Å². The molecule has 1 fully saturated rings. The average Bonchev–Trinajstić information content (AvgIpc) is 2.46. The molecule has 1 atom stereocenters. The summed E-state index contributed by atoms with van der Waals surface area (Å²) in [5, 5.41) is 10.1. The van der Waals surface area contributed by atoms with Crippen molar-refractivity contribution in [1.29, 1.82) is 0 Å². The van der Waals surface area contributed by atoms with E-state index in [0.717, 1.165) is 13.1 Å². The molecule has 15 heavy (non-hydrogen) atoms. The van der Waals surface area contributed by atoms with Crippen molar-refractivity contribution in [2.24, 2.45) is 0 Å². The first-order valence-electron chi connectivity index (χ1n) is 6.01. The summed E-state index contributed by atoms with van der Waals surface area (Å²) in [5.74, 6) is 0. The minimum absolute atomic E-state index is 0.166. The maximum Gasteiger partial charge on any atom is 0.0951 e. The number of ether oxygens (including phenoxy) is 1. The third-order valence-corrected chi connectivity index (χ3v) is 3.56. The van der Waals surface area contributed by atoms with Gasteiger partial charge in [0.25, 0.3) is 0 Å². The van der Waals surface area contributed by atoms with Crippen molar-refractivity contribution in [3.05, 3.63) is 0 Å². The SMILES string of the molecule is COCC(O)C(C)(C)N1CCCCCC1. The van der Waals surface area contributed by atoms with Crippen LogP contribution in [0.1, 0.15) is 39.5 Å². The van der Waals surface area contributed by atoms with Gasteiger partial charge in [0.2, 0.25) is 0 Å². The van der Waals surface area contributed by atoms with Crippen LogP contribution in [0.3, 0.4) is 0 Å². The molecule has 0 radical (unpaired) electrons. The zero-order chi connectivity index (χ0) is 11.3. The van der Waals surface area contributed by atoms with Crippen LogP contribution in [0.4, 0.5) is 0 Å². The molecular formula is C12H25NO2. The lowest BCUT2D eigenvalue weighted by Gasteiger charge is -2.41. The van der Waals surface area contributed by atoms with Gasteiger partial charge in [-0.2, -0.15) is 0 Å². The van der Waals surface area contributed by atoms with Crippen LogP contribution in [0.5, 0.6) is 0 Å². The number of methoxy groups -OCH3 is 1. The lowest BCUT2D eigenvalue weighted by Crippen LogP contribution is -2.54. The number of rotatable bonds is 4. The van der Waals surface area contributed by atoms with E-state index in [9.17, 15) is 5.11 Å². The highest BCUT2D eigenvalue weighted by molar-refractivity contribution is 4.89. The van der Waals surface area contributed by atoms with Gasteiger partial charge in [-0.3, -0.25) is 4.90 Å². The summed E-state index contributed by atoms with van der Waals surface area (Å²) < 4.78 is 5.04. The first-order chi connectivity index (χ1) is 7.09. The lowest BCUT2D eigenvalue weighted by atomic mass is 9.95. The van der Waals surface area contributed by atoms with E-state index in [2.05, 4.69) is 18.7 Å². The van der Waals surface area contributed by atoms with Crippen LogP contribution >= 0.6 is 0 Å². The van der Waals surface area contributed by atoms with Crippen molar-refractivity contribution in [2.45, 2.75) is 51.2 Å². The molecule has 1 aliphatic rings. The molecule has 0 aliphatic carbocycles. The van der Waals surface area contributed by atoms with E-state index in [1.807, 2.05) is 0 Å². The van der Waals surface area contributed by atoms with Crippen LogP contribution < -0.4 is 0 Å². The second-order valence-electron chi connectivity index (χ2n) is 5.03. The van der Waals surface area contributed by atoms with Crippen molar-refractivity contribution in [3.8, 4) is 0 Å². The largest absolute Gasteiger partial charge is 0.389 e. The smallest absolute Gasteiger partial charge is 0.0951 e. The van der Waals surface area contributed by atoms with Gasteiger partial charge >= 0.3 is 0 Å². The third kappa shape index (κ3) is 3.44. The zero-order valence-electron chi connectivity index (χ0n) is 10.3. The van der Waals surface area contributed by atoms with Crippen LogP contribution in [0.25, 0.3) is 0 Å². The highest BCUT2D eigenvalue weighted by Gasteiger charge is 2.34. The fourth-order valence-corrected chi connectivity index (χ4v) is 2.22. The number of aliphatic hydroxyl groups excluding tert-OH is 1. The fraction of sp³-hybridized carbons (Fsp3) is 1.00. The average molecular weight is 215 g/mol. The molecular weight excluding hydrogens is 190 g/mol. The van der Waals surface area contributed by atoms with Gasteiger partial charge in [-0.25, -0.2) is 0 Å². The molecule has 1 heterocycles. The third-order valence-electron chi connectivity index (χ3n) is 3.56. The number of aliphatic hydroxyl groups is 1. The standard InChI is InChI=1S/C12H25NO2/c1-12(2,11(14)10-15-3)13-8-6-4-5-7-9-13/h11,14H,4-10H2,1-3H3. The van der Waals surface area contributed by atoms with Gasteiger partial charge in [0.05, 0.1) is 12.7 Å². The molecule has 90 valence electrons. The van der Waals surface area contributed by atoms with Gasteiger partial charge in [0.15, 0.2) is 0 Å². The molecule has 3 nitrogen and oxygen atoms in total. The Kier molecular flexibility index (Phi) is 5.03. The number of hydrogen-bond donors (Lipinski definition) is 1. The van der Waals surface area contributed by atoms with E-state index in [1.165, 1.54) is 25.7 Å². The zero-order valence-corrected chi connectivity index (χ0v) is 10.3. The van der Waals surface area contributed by atoms with Gasteiger partial charge in [0.1, 0.15) is 0 Å².